The second-order valence-corrected chi connectivity index (χ2v) is 8.07. The first-order chi connectivity index (χ1) is 16.0. The normalized spacial score (nSPS) is 18.3. The Morgan fingerprint density at radius 2 is 1.88 bits per heavy atom. The lowest BCUT2D eigenvalue weighted by Crippen LogP contribution is -2.40. The fourth-order valence-electron chi connectivity index (χ4n) is 4.27. The number of likely N-dealkylation sites (N-methyl/N-ethyl adjacent to an activating group) is 1. The first-order valence-electron chi connectivity index (χ1n) is 11.1. The number of nitro benzene ring substituents is 1. The maximum atomic E-state index is 13.5. The Hall–Kier alpha value is -3.59. The predicted octanol–water partition coefficient (Wildman–Crippen LogP) is 2.81. The number of hydrogen-bond acceptors (Lipinski definition) is 7. The van der Waals surface area contributed by atoms with Gasteiger partial charge in [-0.1, -0.05) is 0 Å². The van der Waals surface area contributed by atoms with Crippen LogP contribution in [0.3, 0.4) is 0 Å². The Balaban J connectivity index is 1.68. The molecule has 1 unspecified atom stereocenters. The van der Waals surface area contributed by atoms with E-state index in [1.165, 1.54) is 29.2 Å². The Bertz CT molecular complexity index is 1060. The fourth-order valence-corrected chi connectivity index (χ4v) is 4.27. The molecule has 9 nitrogen and oxygen atoms in total. The molecule has 33 heavy (non-hydrogen) atoms. The van der Waals surface area contributed by atoms with Crippen molar-refractivity contribution in [3.05, 3.63) is 75.7 Å². The molecule has 2 aliphatic rings. The minimum atomic E-state index is -0.489. The van der Waals surface area contributed by atoms with Gasteiger partial charge in [-0.3, -0.25) is 29.6 Å². The summed E-state index contributed by atoms with van der Waals surface area (Å²) >= 11 is 0. The summed E-state index contributed by atoms with van der Waals surface area (Å²) in [5, 5.41) is 11.1. The number of rotatable bonds is 9. The van der Waals surface area contributed by atoms with Gasteiger partial charge in [0, 0.05) is 44.2 Å². The number of aromatic nitrogens is 1. The minimum Gasteiger partial charge on any atom is -0.376 e. The van der Waals surface area contributed by atoms with E-state index in [9.17, 15) is 19.7 Å². The van der Waals surface area contributed by atoms with Crippen molar-refractivity contribution in [2.75, 3.05) is 26.2 Å². The van der Waals surface area contributed by atoms with Gasteiger partial charge in [0.25, 0.3) is 17.5 Å². The summed E-state index contributed by atoms with van der Waals surface area (Å²) in [5.41, 5.74) is 2.12. The molecule has 0 saturated carbocycles. The molecule has 1 fully saturated rings. The lowest BCUT2D eigenvalue weighted by atomic mass is 10.0. The highest BCUT2D eigenvalue weighted by Crippen LogP contribution is 2.33. The van der Waals surface area contributed by atoms with E-state index >= 15 is 0 Å². The average molecular weight is 450 g/mol. The Morgan fingerprint density at radius 3 is 2.48 bits per heavy atom. The van der Waals surface area contributed by atoms with Crippen molar-refractivity contribution in [2.24, 2.45) is 0 Å². The van der Waals surface area contributed by atoms with Gasteiger partial charge in [-0.25, -0.2) is 0 Å². The third-order valence-electron chi connectivity index (χ3n) is 6.04. The van der Waals surface area contributed by atoms with Crippen molar-refractivity contribution < 1.29 is 19.2 Å². The van der Waals surface area contributed by atoms with Crippen LogP contribution in [-0.4, -0.2) is 63.9 Å². The molecule has 3 heterocycles. The molecule has 0 N–H and O–H groups in total. The summed E-state index contributed by atoms with van der Waals surface area (Å²) in [6.45, 7) is 3.85. The van der Waals surface area contributed by atoms with Gasteiger partial charge in [0.1, 0.15) is 5.70 Å². The average Bonchev–Trinajstić information content (AvgIpc) is 3.43. The second-order valence-electron chi connectivity index (χ2n) is 8.07. The molecule has 2 aromatic rings. The molecule has 172 valence electrons. The number of hydrogen-bond donors (Lipinski definition) is 0. The smallest absolute Gasteiger partial charge is 0.277 e. The van der Waals surface area contributed by atoms with E-state index in [1.54, 1.807) is 12.4 Å². The Morgan fingerprint density at radius 1 is 1.15 bits per heavy atom. The summed E-state index contributed by atoms with van der Waals surface area (Å²) in [4.78, 5) is 44.7. The van der Waals surface area contributed by atoms with Crippen LogP contribution in [0.15, 0.2) is 54.5 Å². The van der Waals surface area contributed by atoms with Crippen molar-refractivity contribution in [3.63, 3.8) is 0 Å². The third-order valence-corrected chi connectivity index (χ3v) is 6.04. The standard InChI is InChI=1S/C24H26N4O5/c1-2-26(14-11-17-9-12-25-13-10-17)22-21(18-5-7-19(8-6-18)28(31)32)23(29)27(24(22)30)16-20-4-3-15-33-20/h5-10,12-13,20H,2-4,11,14-16H2,1H3. The number of benzene rings is 1. The van der Waals surface area contributed by atoms with Gasteiger partial charge < -0.3 is 9.64 Å². The molecule has 1 atom stereocenters. The molecule has 1 saturated heterocycles. The number of nitro groups is 1. The van der Waals surface area contributed by atoms with Gasteiger partial charge in [0.05, 0.1) is 23.1 Å². The molecule has 0 radical (unpaired) electrons. The highest BCUT2D eigenvalue weighted by Gasteiger charge is 2.42. The van der Waals surface area contributed by atoms with E-state index in [1.807, 2.05) is 24.0 Å². The minimum absolute atomic E-state index is 0.0704. The summed E-state index contributed by atoms with van der Waals surface area (Å²) in [6, 6.07) is 9.62. The van der Waals surface area contributed by atoms with Crippen LogP contribution >= 0.6 is 0 Å². The molecule has 0 bridgehead atoms. The van der Waals surface area contributed by atoms with E-state index in [0.29, 0.717) is 37.4 Å². The predicted molar refractivity (Wildman–Crippen MR) is 121 cm³/mol. The van der Waals surface area contributed by atoms with Gasteiger partial charge in [0.2, 0.25) is 0 Å². The lowest BCUT2D eigenvalue weighted by Gasteiger charge is -2.25. The number of pyridine rings is 1. The largest absolute Gasteiger partial charge is 0.376 e. The van der Waals surface area contributed by atoms with E-state index in [-0.39, 0.29) is 35.7 Å². The summed E-state index contributed by atoms with van der Waals surface area (Å²) in [5.74, 6) is -0.734. The highest BCUT2D eigenvalue weighted by atomic mass is 16.6. The molecular formula is C24H26N4O5. The van der Waals surface area contributed by atoms with Crippen LogP contribution in [-0.2, 0) is 20.7 Å². The first kappa shape index (κ1) is 22.6. The maximum absolute atomic E-state index is 13.5. The zero-order chi connectivity index (χ0) is 23.4. The Labute approximate surface area is 191 Å². The number of carbonyl (C=O) groups excluding carboxylic acids is 2. The number of non-ortho nitro benzene ring substituents is 1. The van der Waals surface area contributed by atoms with Crippen LogP contribution < -0.4 is 0 Å². The van der Waals surface area contributed by atoms with Crippen LogP contribution in [0.25, 0.3) is 5.57 Å². The van der Waals surface area contributed by atoms with Crippen LogP contribution in [0, 0.1) is 10.1 Å². The fraction of sp³-hybridized carbons (Fsp3) is 0.375. The lowest BCUT2D eigenvalue weighted by molar-refractivity contribution is -0.384. The molecule has 9 heteroatoms. The Kier molecular flexibility index (Phi) is 6.79. The number of nitrogens with zero attached hydrogens (tertiary/aromatic N) is 4. The number of ether oxygens (including phenoxy) is 1. The van der Waals surface area contributed by atoms with Crippen molar-refractivity contribution in [1.29, 1.82) is 0 Å². The van der Waals surface area contributed by atoms with E-state index in [0.717, 1.165) is 18.4 Å². The third kappa shape index (κ3) is 4.78. The van der Waals surface area contributed by atoms with E-state index < -0.39 is 4.92 Å². The second kappa shape index (κ2) is 9.91. The highest BCUT2D eigenvalue weighted by molar-refractivity contribution is 6.35. The molecule has 0 aliphatic carbocycles. The number of imide groups is 1. The summed E-state index contributed by atoms with van der Waals surface area (Å²) in [7, 11) is 0. The van der Waals surface area contributed by atoms with E-state index in [2.05, 4.69) is 4.98 Å². The molecule has 1 aromatic heterocycles. The molecule has 2 aliphatic heterocycles. The van der Waals surface area contributed by atoms with Crippen LogP contribution in [0.2, 0.25) is 0 Å². The van der Waals surface area contributed by atoms with Crippen molar-refractivity contribution >= 4 is 23.1 Å². The van der Waals surface area contributed by atoms with Crippen molar-refractivity contribution in [1.82, 2.24) is 14.8 Å². The van der Waals surface area contributed by atoms with Crippen LogP contribution in [0.4, 0.5) is 5.69 Å². The van der Waals surface area contributed by atoms with Crippen molar-refractivity contribution in [3.8, 4) is 0 Å². The number of amides is 2. The number of carbonyl (C=O) groups is 2. The molecular weight excluding hydrogens is 424 g/mol. The van der Waals surface area contributed by atoms with E-state index in [4.69, 9.17) is 4.74 Å². The van der Waals surface area contributed by atoms with Gasteiger partial charge in [-0.2, -0.15) is 0 Å². The summed E-state index contributed by atoms with van der Waals surface area (Å²) in [6.07, 6.45) is 5.67. The zero-order valence-electron chi connectivity index (χ0n) is 18.5. The van der Waals surface area contributed by atoms with Gasteiger partial charge in [0.15, 0.2) is 0 Å². The quantitative estimate of drug-likeness (QED) is 0.329. The molecule has 4 rings (SSSR count). The van der Waals surface area contributed by atoms with Gasteiger partial charge in [-0.15, -0.1) is 0 Å². The topological polar surface area (TPSA) is 106 Å². The SMILES string of the molecule is CCN(CCc1ccncc1)C1=C(c2ccc([N+](=O)[O-])cc2)C(=O)N(CC2CCCO2)C1=O. The van der Waals surface area contributed by atoms with Crippen LogP contribution in [0.5, 0.6) is 0 Å². The van der Waals surface area contributed by atoms with Gasteiger partial charge >= 0.3 is 0 Å². The van der Waals surface area contributed by atoms with Gasteiger partial charge in [-0.05, 0) is 61.6 Å². The molecule has 2 amide bonds. The maximum Gasteiger partial charge on any atom is 0.277 e. The first-order valence-corrected chi connectivity index (χ1v) is 11.1. The van der Waals surface area contributed by atoms with Crippen LogP contribution in [0.1, 0.15) is 30.9 Å². The summed E-state index contributed by atoms with van der Waals surface area (Å²) < 4.78 is 5.66. The molecule has 0 spiro atoms. The zero-order valence-corrected chi connectivity index (χ0v) is 18.5. The van der Waals surface area contributed by atoms with Crippen molar-refractivity contribution in [2.45, 2.75) is 32.3 Å². The molecule has 1 aromatic carbocycles. The monoisotopic (exact) mass is 450 g/mol.